The van der Waals surface area contributed by atoms with Crippen molar-refractivity contribution in [1.29, 1.82) is 0 Å². The van der Waals surface area contributed by atoms with Crippen molar-refractivity contribution in [2.24, 2.45) is 0 Å². The van der Waals surface area contributed by atoms with Crippen molar-refractivity contribution >= 4 is 29.2 Å². The van der Waals surface area contributed by atoms with Crippen LogP contribution in [0.3, 0.4) is 0 Å². The van der Waals surface area contributed by atoms with Gasteiger partial charge in [-0.1, -0.05) is 11.6 Å². The Balaban J connectivity index is 1.73. The lowest BCUT2D eigenvalue weighted by atomic mass is 9.95. The Kier molecular flexibility index (Phi) is 4.00. The van der Waals surface area contributed by atoms with Crippen molar-refractivity contribution < 1.29 is 9.53 Å². The Labute approximate surface area is 140 Å². The molecule has 0 spiro atoms. The highest BCUT2D eigenvalue weighted by Crippen LogP contribution is 2.40. The molecule has 3 atom stereocenters. The van der Waals surface area contributed by atoms with Crippen molar-refractivity contribution in [1.82, 2.24) is 14.9 Å². The smallest absolute Gasteiger partial charge is 0.410 e. The normalized spacial score (nSPS) is 26.4. The minimum atomic E-state index is -0.493. The lowest BCUT2D eigenvalue weighted by molar-refractivity contribution is 0.0214. The van der Waals surface area contributed by atoms with Crippen LogP contribution in [0.15, 0.2) is 6.33 Å². The Morgan fingerprint density at radius 2 is 2.17 bits per heavy atom. The second kappa shape index (κ2) is 5.70. The summed E-state index contributed by atoms with van der Waals surface area (Å²) < 4.78 is 5.53. The molecule has 2 bridgehead atoms. The highest BCUT2D eigenvalue weighted by molar-refractivity contribution is 6.32. The first-order chi connectivity index (χ1) is 10.8. The molecule has 8 heteroatoms. The number of halogens is 1. The molecule has 2 saturated heterocycles. The molecule has 0 aliphatic carbocycles. The summed E-state index contributed by atoms with van der Waals surface area (Å²) in [5, 5.41) is 3.55. The molecule has 2 aliphatic rings. The fourth-order valence-electron chi connectivity index (χ4n) is 3.41. The summed E-state index contributed by atoms with van der Waals surface area (Å²) in [5.41, 5.74) is 5.75. The second-order valence-corrected chi connectivity index (χ2v) is 7.46. The second-order valence-electron chi connectivity index (χ2n) is 7.10. The average Bonchev–Trinajstić information content (AvgIpc) is 2.99. The fourth-order valence-corrected chi connectivity index (χ4v) is 3.54. The summed E-state index contributed by atoms with van der Waals surface area (Å²) in [4.78, 5) is 22.3. The number of rotatable bonds is 2. The number of amides is 1. The van der Waals surface area contributed by atoms with Gasteiger partial charge in [0.15, 0.2) is 11.0 Å². The van der Waals surface area contributed by atoms with Gasteiger partial charge in [-0.05, 0) is 40.0 Å². The number of carbonyl (C=O) groups is 1. The molecular weight excluding hydrogens is 318 g/mol. The van der Waals surface area contributed by atoms with Gasteiger partial charge in [0.05, 0.1) is 12.1 Å². The van der Waals surface area contributed by atoms with E-state index in [0.29, 0.717) is 11.5 Å². The van der Waals surface area contributed by atoms with E-state index in [1.54, 1.807) is 0 Å². The Morgan fingerprint density at radius 1 is 1.43 bits per heavy atom. The Morgan fingerprint density at radius 3 is 2.87 bits per heavy atom. The molecule has 2 aliphatic heterocycles. The number of nitrogens with zero attached hydrogens (tertiary/aromatic N) is 3. The van der Waals surface area contributed by atoms with Gasteiger partial charge < -0.3 is 20.7 Å². The van der Waals surface area contributed by atoms with Crippen molar-refractivity contribution in [3.63, 3.8) is 0 Å². The molecule has 1 aromatic heterocycles. The van der Waals surface area contributed by atoms with Gasteiger partial charge in [0.1, 0.15) is 17.6 Å². The number of hydrogen-bond donors (Lipinski definition) is 2. The third-order valence-corrected chi connectivity index (χ3v) is 4.60. The van der Waals surface area contributed by atoms with Gasteiger partial charge in [-0.25, -0.2) is 14.8 Å². The van der Waals surface area contributed by atoms with Gasteiger partial charge >= 0.3 is 6.09 Å². The average molecular weight is 340 g/mol. The van der Waals surface area contributed by atoms with Crippen LogP contribution in [-0.4, -0.2) is 44.7 Å². The number of fused-ring (bicyclic) bond motifs is 2. The highest BCUT2D eigenvalue weighted by Gasteiger charge is 2.50. The zero-order valence-electron chi connectivity index (χ0n) is 13.5. The minimum absolute atomic E-state index is 0.0861. The van der Waals surface area contributed by atoms with E-state index in [4.69, 9.17) is 22.1 Å². The maximum atomic E-state index is 12.4. The summed E-state index contributed by atoms with van der Waals surface area (Å²) in [5.74, 6) is 0.520. The predicted octanol–water partition coefficient (Wildman–Crippen LogP) is 2.66. The first-order valence-electron chi connectivity index (χ1n) is 7.80. The van der Waals surface area contributed by atoms with Crippen LogP contribution < -0.4 is 11.1 Å². The van der Waals surface area contributed by atoms with Gasteiger partial charge in [0, 0.05) is 6.04 Å². The molecule has 0 saturated carbocycles. The van der Waals surface area contributed by atoms with Crippen LogP contribution >= 0.6 is 11.6 Å². The zero-order chi connectivity index (χ0) is 16.8. The molecule has 3 N–H and O–H groups in total. The van der Waals surface area contributed by atoms with E-state index in [1.807, 2.05) is 25.7 Å². The molecule has 3 rings (SSSR count). The maximum absolute atomic E-state index is 12.4. The van der Waals surface area contributed by atoms with E-state index in [2.05, 4.69) is 15.3 Å². The van der Waals surface area contributed by atoms with E-state index >= 15 is 0 Å². The van der Waals surface area contributed by atoms with Crippen molar-refractivity contribution in [3.8, 4) is 0 Å². The summed E-state index contributed by atoms with van der Waals surface area (Å²) in [6.45, 7) is 5.63. The van der Waals surface area contributed by atoms with Crippen LogP contribution in [0.1, 0.15) is 40.0 Å². The predicted molar refractivity (Wildman–Crippen MR) is 88.4 cm³/mol. The Bertz CT molecular complexity index is 618. The molecule has 126 valence electrons. The van der Waals surface area contributed by atoms with Gasteiger partial charge in [0.2, 0.25) is 0 Å². The molecule has 1 amide bonds. The molecule has 0 aromatic carbocycles. The van der Waals surface area contributed by atoms with E-state index < -0.39 is 5.60 Å². The van der Waals surface area contributed by atoms with E-state index in [9.17, 15) is 4.79 Å². The highest BCUT2D eigenvalue weighted by atomic mass is 35.5. The lowest BCUT2D eigenvalue weighted by Crippen LogP contribution is -2.42. The van der Waals surface area contributed by atoms with E-state index in [1.165, 1.54) is 6.33 Å². The number of nitrogens with two attached hydrogens (primary N) is 1. The largest absolute Gasteiger partial charge is 0.444 e. The topological polar surface area (TPSA) is 93.4 Å². The molecular formula is C15H22ClN5O2. The summed E-state index contributed by atoms with van der Waals surface area (Å²) in [6, 6.07) is 0.378. The molecule has 3 heterocycles. The number of carbonyl (C=O) groups excluding carboxylic acids is 1. The zero-order valence-corrected chi connectivity index (χ0v) is 14.3. The van der Waals surface area contributed by atoms with Crippen molar-refractivity contribution in [2.45, 2.75) is 63.8 Å². The molecule has 0 radical (unpaired) electrons. The lowest BCUT2D eigenvalue weighted by Gasteiger charge is -2.28. The standard InChI is InChI=1S/C15H22ClN5O2/c1-15(2,3)23-14(22)21-8-4-5-10(21)9(6-8)20-13-11(17)12(16)18-7-19-13/h7-10H,4-6,17H2,1-3H3,(H,18,19,20)/t8-,9-,10+/m0/s1. The van der Waals surface area contributed by atoms with Crippen molar-refractivity contribution in [3.05, 3.63) is 11.5 Å². The van der Waals surface area contributed by atoms with Crippen LogP contribution in [0.25, 0.3) is 0 Å². The molecule has 1 aromatic rings. The van der Waals surface area contributed by atoms with Crippen LogP contribution in [0.2, 0.25) is 5.15 Å². The third kappa shape index (κ3) is 3.15. The number of hydrogen-bond acceptors (Lipinski definition) is 6. The number of nitrogen functional groups attached to an aromatic ring is 1. The van der Waals surface area contributed by atoms with Crippen LogP contribution in [-0.2, 0) is 4.74 Å². The number of anilines is 2. The summed E-state index contributed by atoms with van der Waals surface area (Å²) in [7, 11) is 0. The molecule has 7 nitrogen and oxygen atoms in total. The van der Waals surface area contributed by atoms with Crippen LogP contribution in [0, 0.1) is 0 Å². The molecule has 0 unspecified atom stereocenters. The third-order valence-electron chi connectivity index (χ3n) is 4.30. The monoisotopic (exact) mass is 339 g/mol. The van der Waals surface area contributed by atoms with E-state index in [-0.39, 0.29) is 29.4 Å². The van der Waals surface area contributed by atoms with Gasteiger partial charge in [-0.2, -0.15) is 0 Å². The first-order valence-corrected chi connectivity index (χ1v) is 8.18. The number of aromatic nitrogens is 2. The maximum Gasteiger partial charge on any atom is 0.410 e. The van der Waals surface area contributed by atoms with Gasteiger partial charge in [0.25, 0.3) is 0 Å². The quantitative estimate of drug-likeness (QED) is 0.804. The number of nitrogens with one attached hydrogen (secondary N) is 1. The van der Waals surface area contributed by atoms with Gasteiger partial charge in [-0.3, -0.25) is 0 Å². The SMILES string of the molecule is CC(C)(C)OC(=O)N1[C@H]2CC[C@@H]1[C@@H](Nc1ncnc(Cl)c1N)C2. The van der Waals surface area contributed by atoms with Crippen LogP contribution in [0.4, 0.5) is 16.3 Å². The number of ether oxygens (including phenoxy) is 1. The van der Waals surface area contributed by atoms with E-state index in [0.717, 1.165) is 19.3 Å². The molecule has 2 fully saturated rings. The van der Waals surface area contributed by atoms with Crippen LogP contribution in [0.5, 0.6) is 0 Å². The van der Waals surface area contributed by atoms with Crippen molar-refractivity contribution in [2.75, 3.05) is 11.1 Å². The summed E-state index contributed by atoms with van der Waals surface area (Å²) >= 11 is 5.93. The fraction of sp³-hybridized carbons (Fsp3) is 0.667. The molecule has 23 heavy (non-hydrogen) atoms. The Hall–Kier alpha value is -1.76. The summed E-state index contributed by atoms with van der Waals surface area (Å²) in [6.07, 6.45) is 3.93. The van der Waals surface area contributed by atoms with Gasteiger partial charge in [-0.15, -0.1) is 0 Å². The first kappa shape index (κ1) is 16.1. The minimum Gasteiger partial charge on any atom is -0.444 e.